The largest absolute Gasteiger partial charge is 0.494 e. The summed E-state index contributed by atoms with van der Waals surface area (Å²) in [6.07, 6.45) is 0.577. The number of methoxy groups -OCH3 is 1. The minimum atomic E-state index is -2.99. The Morgan fingerprint density at radius 1 is 1.45 bits per heavy atom. The molecule has 1 N–H and O–H groups in total. The molecule has 1 fully saturated rings. The number of benzene rings is 1. The van der Waals surface area contributed by atoms with Crippen LogP contribution in [0.25, 0.3) is 11.0 Å². The second kappa shape index (κ2) is 4.33. The summed E-state index contributed by atoms with van der Waals surface area (Å²) in [5, 5.41) is 0. The lowest BCUT2D eigenvalue weighted by atomic mass is 10.0. The number of ether oxygens (including phenoxy) is 1. The van der Waals surface area contributed by atoms with Crippen molar-refractivity contribution < 1.29 is 13.2 Å². The number of fused-ring (bicyclic) bond motifs is 1. The molecule has 7 heteroatoms. The van der Waals surface area contributed by atoms with Gasteiger partial charge in [-0.25, -0.2) is 8.42 Å². The minimum Gasteiger partial charge on any atom is -0.494 e. The fourth-order valence-corrected chi connectivity index (χ4v) is 5.52. The van der Waals surface area contributed by atoms with Gasteiger partial charge in [0.15, 0.2) is 14.6 Å². The molecule has 2 heterocycles. The van der Waals surface area contributed by atoms with Crippen molar-refractivity contribution in [3.63, 3.8) is 0 Å². The Morgan fingerprint density at radius 3 is 2.80 bits per heavy atom. The second-order valence-electron chi connectivity index (χ2n) is 5.46. The van der Waals surface area contributed by atoms with Gasteiger partial charge in [0.25, 0.3) is 0 Å². The average molecular weight is 312 g/mol. The van der Waals surface area contributed by atoms with Gasteiger partial charge >= 0.3 is 0 Å². The van der Waals surface area contributed by atoms with Crippen LogP contribution in [0.2, 0.25) is 0 Å². The summed E-state index contributed by atoms with van der Waals surface area (Å²) < 4.78 is 31.4. The van der Waals surface area contributed by atoms with E-state index in [-0.39, 0.29) is 11.5 Å². The number of nitrogens with zero attached hydrogens (tertiary/aromatic N) is 1. The lowest BCUT2D eigenvalue weighted by Gasteiger charge is -2.25. The second-order valence-corrected chi connectivity index (χ2v) is 8.03. The van der Waals surface area contributed by atoms with E-state index >= 15 is 0 Å². The predicted octanol–water partition coefficient (Wildman–Crippen LogP) is 2.24. The Hall–Kier alpha value is -1.34. The number of imidazole rings is 1. The van der Waals surface area contributed by atoms with Crippen LogP contribution < -0.4 is 4.74 Å². The maximum Gasteiger partial charge on any atom is 0.178 e. The van der Waals surface area contributed by atoms with E-state index in [0.717, 1.165) is 11.0 Å². The molecular formula is C13H16N2O3S2. The van der Waals surface area contributed by atoms with Crippen LogP contribution in [0, 0.1) is 4.77 Å². The van der Waals surface area contributed by atoms with Crippen LogP contribution >= 0.6 is 12.2 Å². The van der Waals surface area contributed by atoms with Crippen LogP contribution in [-0.4, -0.2) is 36.6 Å². The first-order valence-electron chi connectivity index (χ1n) is 6.35. The molecule has 108 valence electrons. The highest BCUT2D eigenvalue weighted by Gasteiger charge is 2.41. The van der Waals surface area contributed by atoms with Gasteiger partial charge in [0.05, 0.1) is 29.7 Å². The number of para-hydroxylation sites is 1. The van der Waals surface area contributed by atoms with Crippen molar-refractivity contribution in [1.82, 2.24) is 9.55 Å². The topological polar surface area (TPSA) is 64.1 Å². The maximum absolute atomic E-state index is 11.8. The third kappa shape index (κ3) is 1.96. The van der Waals surface area contributed by atoms with E-state index in [9.17, 15) is 8.42 Å². The zero-order valence-electron chi connectivity index (χ0n) is 11.3. The van der Waals surface area contributed by atoms with Gasteiger partial charge in [-0.2, -0.15) is 0 Å². The molecule has 1 aromatic heterocycles. The first kappa shape index (κ1) is 13.6. The molecule has 3 rings (SSSR count). The van der Waals surface area contributed by atoms with Crippen LogP contribution in [0.15, 0.2) is 18.2 Å². The smallest absolute Gasteiger partial charge is 0.178 e. The van der Waals surface area contributed by atoms with Crippen LogP contribution in [0.5, 0.6) is 5.75 Å². The molecule has 1 aliphatic rings. The molecule has 1 atom stereocenters. The summed E-state index contributed by atoms with van der Waals surface area (Å²) in [5.41, 5.74) is 1.19. The molecule has 0 radical (unpaired) electrons. The Kier molecular flexibility index (Phi) is 2.95. The SMILES string of the molecule is COc1cccc2c1[nH]c(=S)n2C1(C)CCS(=O)(=O)C1. The van der Waals surface area contributed by atoms with E-state index in [2.05, 4.69) is 4.98 Å². The molecule has 0 bridgehead atoms. The highest BCUT2D eigenvalue weighted by Crippen LogP contribution is 2.35. The molecule has 1 aliphatic heterocycles. The van der Waals surface area contributed by atoms with Crippen LogP contribution in [-0.2, 0) is 15.4 Å². The van der Waals surface area contributed by atoms with Crippen molar-refractivity contribution in [2.75, 3.05) is 18.6 Å². The number of aromatic amines is 1. The number of sulfone groups is 1. The number of hydrogen-bond donors (Lipinski definition) is 1. The minimum absolute atomic E-state index is 0.123. The maximum atomic E-state index is 11.8. The van der Waals surface area contributed by atoms with E-state index in [1.165, 1.54) is 0 Å². The molecule has 5 nitrogen and oxygen atoms in total. The van der Waals surface area contributed by atoms with E-state index in [1.807, 2.05) is 29.7 Å². The van der Waals surface area contributed by atoms with Crippen molar-refractivity contribution in [3.8, 4) is 5.75 Å². The molecule has 1 saturated heterocycles. The summed E-state index contributed by atoms with van der Waals surface area (Å²) >= 11 is 5.40. The Labute approximate surface area is 122 Å². The van der Waals surface area contributed by atoms with Gasteiger partial charge in [-0.1, -0.05) is 6.07 Å². The number of rotatable bonds is 2. The van der Waals surface area contributed by atoms with Crippen LogP contribution in [0.4, 0.5) is 0 Å². The predicted molar refractivity (Wildman–Crippen MR) is 80.6 cm³/mol. The van der Waals surface area contributed by atoms with E-state index in [4.69, 9.17) is 17.0 Å². The van der Waals surface area contributed by atoms with Gasteiger partial charge in [-0.3, -0.25) is 0 Å². The molecule has 0 saturated carbocycles. The Morgan fingerprint density at radius 2 is 2.20 bits per heavy atom. The van der Waals surface area contributed by atoms with Crippen molar-refractivity contribution in [3.05, 3.63) is 23.0 Å². The monoisotopic (exact) mass is 312 g/mol. The molecule has 0 aliphatic carbocycles. The third-order valence-electron chi connectivity index (χ3n) is 3.92. The molecule has 20 heavy (non-hydrogen) atoms. The average Bonchev–Trinajstić information content (AvgIpc) is 2.85. The van der Waals surface area contributed by atoms with Crippen LogP contribution in [0.3, 0.4) is 0 Å². The molecule has 0 spiro atoms. The van der Waals surface area contributed by atoms with E-state index in [1.54, 1.807) is 7.11 Å². The van der Waals surface area contributed by atoms with Crippen molar-refractivity contribution >= 4 is 33.1 Å². The highest BCUT2D eigenvalue weighted by atomic mass is 32.2. The molecule has 2 aromatic rings. The third-order valence-corrected chi connectivity index (χ3v) is 6.09. The summed E-state index contributed by atoms with van der Waals surface area (Å²) in [7, 11) is -1.39. The number of hydrogen-bond acceptors (Lipinski definition) is 4. The van der Waals surface area contributed by atoms with Crippen molar-refractivity contribution in [1.29, 1.82) is 0 Å². The number of aromatic nitrogens is 2. The fraction of sp³-hybridized carbons (Fsp3) is 0.462. The zero-order valence-corrected chi connectivity index (χ0v) is 13.0. The van der Waals surface area contributed by atoms with Gasteiger partial charge in [0.1, 0.15) is 11.3 Å². The van der Waals surface area contributed by atoms with Crippen LogP contribution in [0.1, 0.15) is 13.3 Å². The van der Waals surface area contributed by atoms with Crippen molar-refractivity contribution in [2.45, 2.75) is 18.9 Å². The van der Waals surface area contributed by atoms with Gasteiger partial charge in [-0.15, -0.1) is 0 Å². The van der Waals surface area contributed by atoms with E-state index < -0.39 is 15.4 Å². The van der Waals surface area contributed by atoms with Gasteiger partial charge in [0, 0.05) is 0 Å². The van der Waals surface area contributed by atoms with Gasteiger partial charge in [-0.05, 0) is 37.7 Å². The van der Waals surface area contributed by atoms with Gasteiger partial charge < -0.3 is 14.3 Å². The lowest BCUT2D eigenvalue weighted by molar-refractivity contribution is 0.372. The van der Waals surface area contributed by atoms with Gasteiger partial charge in [0.2, 0.25) is 0 Å². The lowest BCUT2D eigenvalue weighted by Crippen LogP contribution is -2.31. The first-order valence-corrected chi connectivity index (χ1v) is 8.58. The normalized spacial score (nSPS) is 25.1. The molecule has 0 amide bonds. The standard InChI is InChI=1S/C13H16N2O3S2/c1-13(6-7-20(16,17)8-13)15-9-4-3-5-10(18-2)11(9)14-12(15)19/h3-5H,6-8H2,1-2H3,(H,14,19). The highest BCUT2D eigenvalue weighted by molar-refractivity contribution is 7.91. The summed E-state index contributed by atoms with van der Waals surface area (Å²) in [6, 6.07) is 5.67. The number of H-pyrrole nitrogens is 1. The summed E-state index contributed by atoms with van der Waals surface area (Å²) in [5.74, 6) is 1.04. The van der Waals surface area contributed by atoms with Crippen molar-refractivity contribution in [2.24, 2.45) is 0 Å². The fourth-order valence-electron chi connectivity index (χ4n) is 2.98. The summed E-state index contributed by atoms with van der Waals surface area (Å²) in [6.45, 7) is 1.94. The van der Waals surface area contributed by atoms with E-state index in [0.29, 0.717) is 16.9 Å². The molecule has 1 aromatic carbocycles. The number of nitrogens with one attached hydrogen (secondary N) is 1. The first-order chi connectivity index (χ1) is 9.36. The Bertz CT molecular complexity index is 835. The Balaban J connectivity index is 2.28. The molecular weight excluding hydrogens is 296 g/mol. The molecule has 1 unspecified atom stereocenters. The summed E-state index contributed by atoms with van der Waals surface area (Å²) in [4.78, 5) is 3.13. The quantitative estimate of drug-likeness (QED) is 0.864. The zero-order chi connectivity index (χ0) is 14.5.